The molecular weight excluding hydrogens is 350 g/mol. The molecule has 0 aliphatic rings. The summed E-state index contributed by atoms with van der Waals surface area (Å²) in [6.07, 6.45) is 0. The molecule has 1 atom stereocenters. The van der Waals surface area contributed by atoms with Crippen LogP contribution in [-0.2, 0) is 9.53 Å². The Labute approximate surface area is 155 Å². The van der Waals surface area contributed by atoms with Crippen molar-refractivity contribution in [1.82, 2.24) is 5.32 Å². The van der Waals surface area contributed by atoms with Crippen molar-refractivity contribution in [3.8, 4) is 11.5 Å². The smallest absolute Gasteiger partial charge is 0.342 e. The van der Waals surface area contributed by atoms with Crippen LogP contribution in [0.1, 0.15) is 29.1 Å². The van der Waals surface area contributed by atoms with Gasteiger partial charge in [0.15, 0.2) is 6.61 Å². The molecule has 0 radical (unpaired) electrons. The molecule has 1 amide bonds. The zero-order valence-electron chi connectivity index (χ0n) is 14.9. The summed E-state index contributed by atoms with van der Waals surface area (Å²) in [6, 6.07) is 13.2. The zero-order valence-corrected chi connectivity index (χ0v) is 14.9. The van der Waals surface area contributed by atoms with Crippen molar-refractivity contribution in [3.63, 3.8) is 0 Å². The molecule has 0 bridgehead atoms. The number of furan rings is 1. The van der Waals surface area contributed by atoms with Crippen LogP contribution in [0, 0.1) is 0 Å². The first-order valence-corrected chi connectivity index (χ1v) is 8.30. The molecule has 0 fully saturated rings. The first-order valence-electron chi connectivity index (χ1n) is 8.30. The van der Waals surface area contributed by atoms with E-state index in [0.29, 0.717) is 11.5 Å². The Kier molecular flexibility index (Phi) is 5.30. The van der Waals surface area contributed by atoms with Gasteiger partial charge in [-0.15, -0.1) is 0 Å². The summed E-state index contributed by atoms with van der Waals surface area (Å²) in [6.45, 7) is 1.29. The van der Waals surface area contributed by atoms with E-state index < -0.39 is 24.5 Å². The van der Waals surface area contributed by atoms with Crippen LogP contribution in [0.4, 0.5) is 0 Å². The van der Waals surface area contributed by atoms with Gasteiger partial charge in [-0.25, -0.2) is 4.79 Å². The molecule has 3 aromatic rings. The molecule has 27 heavy (non-hydrogen) atoms. The standard InChI is InChI=1S/C20H19NO6/c1-12(18-9-13-5-3-4-6-17(13)27-18)21-19(23)11-26-20(24)15-8-7-14(25-2)10-16(15)22/h3-10,12,22H,11H2,1-2H3,(H,21,23)/t12-/m0/s1. The molecular formula is C20H19NO6. The molecule has 2 N–H and O–H groups in total. The van der Waals surface area contributed by atoms with E-state index in [2.05, 4.69) is 5.32 Å². The number of hydrogen-bond acceptors (Lipinski definition) is 6. The predicted octanol–water partition coefficient (Wildman–Crippen LogP) is 3.18. The zero-order chi connectivity index (χ0) is 19.4. The van der Waals surface area contributed by atoms with Crippen LogP contribution >= 0.6 is 0 Å². The van der Waals surface area contributed by atoms with E-state index in [0.717, 1.165) is 11.0 Å². The second kappa shape index (κ2) is 7.82. The minimum atomic E-state index is -0.804. The molecule has 0 unspecified atom stereocenters. The third-order valence-electron chi connectivity index (χ3n) is 4.01. The number of nitrogens with one attached hydrogen (secondary N) is 1. The van der Waals surface area contributed by atoms with E-state index in [9.17, 15) is 14.7 Å². The average molecular weight is 369 g/mol. The lowest BCUT2D eigenvalue weighted by Gasteiger charge is -2.12. The maximum atomic E-state index is 12.1. The van der Waals surface area contributed by atoms with Gasteiger partial charge in [0, 0.05) is 11.5 Å². The summed E-state index contributed by atoms with van der Waals surface area (Å²) in [5.41, 5.74) is 0.684. The average Bonchev–Trinajstić information content (AvgIpc) is 3.10. The summed E-state index contributed by atoms with van der Waals surface area (Å²) in [7, 11) is 1.44. The van der Waals surface area contributed by atoms with Gasteiger partial charge in [0.2, 0.25) is 0 Å². The van der Waals surface area contributed by atoms with Crippen LogP contribution < -0.4 is 10.1 Å². The summed E-state index contributed by atoms with van der Waals surface area (Å²) in [5, 5.41) is 13.5. The Morgan fingerprint density at radius 1 is 1.19 bits per heavy atom. The number of fused-ring (bicyclic) bond motifs is 1. The van der Waals surface area contributed by atoms with Crippen molar-refractivity contribution >= 4 is 22.8 Å². The lowest BCUT2D eigenvalue weighted by Crippen LogP contribution is -2.31. The number of phenolic OH excluding ortho intramolecular Hbond substituents is 1. The number of amides is 1. The second-order valence-electron chi connectivity index (χ2n) is 5.94. The van der Waals surface area contributed by atoms with E-state index in [-0.39, 0.29) is 11.3 Å². The molecule has 0 spiro atoms. The molecule has 140 valence electrons. The fraction of sp³-hybridized carbons (Fsp3) is 0.200. The Hall–Kier alpha value is -3.48. The third-order valence-corrected chi connectivity index (χ3v) is 4.01. The van der Waals surface area contributed by atoms with Crippen LogP contribution in [0.25, 0.3) is 11.0 Å². The fourth-order valence-electron chi connectivity index (χ4n) is 2.59. The summed E-state index contributed by atoms with van der Waals surface area (Å²) >= 11 is 0. The Morgan fingerprint density at radius 3 is 2.67 bits per heavy atom. The number of methoxy groups -OCH3 is 1. The van der Waals surface area contributed by atoms with Crippen LogP contribution in [0.3, 0.4) is 0 Å². The second-order valence-corrected chi connectivity index (χ2v) is 5.94. The van der Waals surface area contributed by atoms with Crippen molar-refractivity contribution < 1.29 is 28.6 Å². The molecule has 0 saturated carbocycles. The van der Waals surface area contributed by atoms with Crippen molar-refractivity contribution in [2.75, 3.05) is 13.7 Å². The molecule has 7 nitrogen and oxygen atoms in total. The number of aromatic hydroxyl groups is 1. The highest BCUT2D eigenvalue weighted by Gasteiger charge is 2.18. The molecule has 0 aliphatic heterocycles. The van der Waals surface area contributed by atoms with Crippen LogP contribution in [0.15, 0.2) is 52.9 Å². The minimum absolute atomic E-state index is 0.0473. The first kappa shape index (κ1) is 18.3. The number of benzene rings is 2. The number of esters is 1. The number of ether oxygens (including phenoxy) is 2. The first-order chi connectivity index (χ1) is 13.0. The van der Waals surface area contributed by atoms with Crippen molar-refractivity contribution in [2.24, 2.45) is 0 Å². The highest BCUT2D eigenvalue weighted by Crippen LogP contribution is 2.25. The van der Waals surface area contributed by atoms with Crippen LogP contribution in [-0.4, -0.2) is 30.7 Å². The maximum Gasteiger partial charge on any atom is 0.342 e. The van der Waals surface area contributed by atoms with Crippen molar-refractivity contribution in [3.05, 3.63) is 59.9 Å². The van der Waals surface area contributed by atoms with Crippen molar-refractivity contribution in [1.29, 1.82) is 0 Å². The topological polar surface area (TPSA) is 98.0 Å². The monoisotopic (exact) mass is 369 g/mol. The highest BCUT2D eigenvalue weighted by atomic mass is 16.5. The summed E-state index contributed by atoms with van der Waals surface area (Å²) < 4.78 is 15.6. The SMILES string of the molecule is COc1ccc(C(=O)OCC(=O)N[C@@H](C)c2cc3ccccc3o2)c(O)c1. The van der Waals surface area contributed by atoms with Crippen LogP contribution in [0.2, 0.25) is 0 Å². The van der Waals surface area contributed by atoms with Gasteiger partial charge in [-0.1, -0.05) is 18.2 Å². The summed E-state index contributed by atoms with van der Waals surface area (Å²) in [4.78, 5) is 24.1. The Balaban J connectivity index is 1.56. The van der Waals surface area contributed by atoms with E-state index in [4.69, 9.17) is 13.9 Å². The fourth-order valence-corrected chi connectivity index (χ4v) is 2.59. The Morgan fingerprint density at radius 2 is 1.96 bits per heavy atom. The number of carbonyl (C=O) groups excluding carboxylic acids is 2. The van der Waals surface area contributed by atoms with Gasteiger partial charge >= 0.3 is 5.97 Å². The third kappa shape index (κ3) is 4.20. The molecule has 1 aromatic heterocycles. The number of phenols is 1. The van der Waals surface area contributed by atoms with Gasteiger partial charge in [-0.05, 0) is 31.2 Å². The van der Waals surface area contributed by atoms with Gasteiger partial charge in [-0.2, -0.15) is 0 Å². The lowest BCUT2D eigenvalue weighted by atomic mass is 10.2. The van der Waals surface area contributed by atoms with E-state index >= 15 is 0 Å². The highest BCUT2D eigenvalue weighted by molar-refractivity contribution is 5.94. The minimum Gasteiger partial charge on any atom is -0.507 e. The van der Waals surface area contributed by atoms with Gasteiger partial charge in [0.1, 0.15) is 28.4 Å². The quantitative estimate of drug-likeness (QED) is 0.648. The molecule has 0 saturated heterocycles. The van der Waals surface area contributed by atoms with Crippen molar-refractivity contribution in [2.45, 2.75) is 13.0 Å². The Bertz CT molecular complexity index is 945. The molecule has 1 heterocycles. The normalized spacial score (nSPS) is 11.8. The van der Waals surface area contributed by atoms with Gasteiger partial charge in [0.05, 0.1) is 13.2 Å². The molecule has 7 heteroatoms. The largest absolute Gasteiger partial charge is 0.507 e. The lowest BCUT2D eigenvalue weighted by molar-refractivity contribution is -0.125. The predicted molar refractivity (Wildman–Crippen MR) is 97.7 cm³/mol. The van der Waals surface area contributed by atoms with E-state index in [1.807, 2.05) is 30.3 Å². The number of rotatable bonds is 6. The molecule has 2 aromatic carbocycles. The molecule has 3 rings (SSSR count). The molecule has 0 aliphatic carbocycles. The maximum absolute atomic E-state index is 12.1. The van der Waals surface area contributed by atoms with E-state index in [1.165, 1.54) is 25.3 Å². The number of carbonyl (C=O) groups is 2. The van der Waals surface area contributed by atoms with Crippen LogP contribution in [0.5, 0.6) is 11.5 Å². The van der Waals surface area contributed by atoms with Gasteiger partial charge < -0.3 is 24.3 Å². The number of para-hydroxylation sites is 1. The van der Waals surface area contributed by atoms with Gasteiger partial charge in [0.25, 0.3) is 5.91 Å². The number of hydrogen-bond donors (Lipinski definition) is 2. The van der Waals surface area contributed by atoms with E-state index in [1.54, 1.807) is 6.92 Å². The van der Waals surface area contributed by atoms with Gasteiger partial charge in [-0.3, -0.25) is 4.79 Å². The summed E-state index contributed by atoms with van der Waals surface area (Å²) in [5.74, 6) is -0.563.